The minimum absolute atomic E-state index is 0.116. The van der Waals surface area contributed by atoms with Gasteiger partial charge >= 0.3 is 0 Å². The molecule has 0 aliphatic rings. The standard InChI is InChI=1S/C17H27Br2NO/c1-12(2)7-6-8-21-16-14(18)9-13(10-15(16)19)11-20-17(3,4)5/h9-10,12,20H,6-8,11H2,1-5H3. The van der Waals surface area contributed by atoms with Crippen LogP contribution in [-0.4, -0.2) is 12.1 Å². The molecule has 21 heavy (non-hydrogen) atoms. The van der Waals surface area contributed by atoms with Gasteiger partial charge in [-0.3, -0.25) is 0 Å². The van der Waals surface area contributed by atoms with Crippen LogP contribution in [0.3, 0.4) is 0 Å². The molecule has 0 atom stereocenters. The van der Waals surface area contributed by atoms with Crippen molar-refractivity contribution in [2.24, 2.45) is 5.92 Å². The SMILES string of the molecule is CC(C)CCCOc1c(Br)cc(CNC(C)(C)C)cc1Br. The molecule has 4 heteroatoms. The zero-order valence-electron chi connectivity index (χ0n) is 13.7. The predicted molar refractivity (Wildman–Crippen MR) is 98.0 cm³/mol. The van der Waals surface area contributed by atoms with E-state index in [1.807, 2.05) is 0 Å². The maximum absolute atomic E-state index is 5.90. The lowest BCUT2D eigenvalue weighted by molar-refractivity contribution is 0.294. The van der Waals surface area contributed by atoms with Gasteiger partial charge in [-0.05, 0) is 89.1 Å². The molecular weight excluding hydrogens is 394 g/mol. The molecule has 120 valence electrons. The second-order valence-electron chi connectivity index (χ2n) is 6.88. The smallest absolute Gasteiger partial charge is 0.147 e. The van der Waals surface area contributed by atoms with Crippen molar-refractivity contribution in [1.82, 2.24) is 5.32 Å². The largest absolute Gasteiger partial charge is 0.491 e. The zero-order valence-corrected chi connectivity index (χ0v) is 16.9. The van der Waals surface area contributed by atoms with Gasteiger partial charge in [-0.1, -0.05) is 13.8 Å². The number of ether oxygens (including phenoxy) is 1. The van der Waals surface area contributed by atoms with Crippen LogP contribution in [0.1, 0.15) is 53.0 Å². The molecule has 0 heterocycles. The van der Waals surface area contributed by atoms with Crippen LogP contribution >= 0.6 is 31.9 Å². The monoisotopic (exact) mass is 419 g/mol. The Morgan fingerprint density at radius 2 is 1.71 bits per heavy atom. The van der Waals surface area contributed by atoms with Crippen molar-refractivity contribution in [1.29, 1.82) is 0 Å². The maximum atomic E-state index is 5.90. The summed E-state index contributed by atoms with van der Waals surface area (Å²) >= 11 is 7.23. The molecule has 0 saturated heterocycles. The van der Waals surface area contributed by atoms with Gasteiger partial charge in [-0.25, -0.2) is 0 Å². The van der Waals surface area contributed by atoms with Crippen LogP contribution in [-0.2, 0) is 6.54 Å². The number of rotatable bonds is 7. The second kappa shape index (κ2) is 8.54. The third-order valence-corrected chi connectivity index (χ3v) is 4.23. The minimum Gasteiger partial charge on any atom is -0.491 e. The van der Waals surface area contributed by atoms with Crippen molar-refractivity contribution in [2.75, 3.05) is 6.61 Å². The van der Waals surface area contributed by atoms with Gasteiger partial charge in [0.15, 0.2) is 0 Å². The van der Waals surface area contributed by atoms with Crippen LogP contribution in [0.15, 0.2) is 21.1 Å². The van der Waals surface area contributed by atoms with Crippen molar-refractivity contribution in [3.05, 3.63) is 26.6 Å². The fourth-order valence-electron chi connectivity index (χ4n) is 1.89. The quantitative estimate of drug-likeness (QED) is 0.553. The first-order valence-electron chi connectivity index (χ1n) is 7.55. The molecule has 1 rings (SSSR count). The number of nitrogens with one attached hydrogen (secondary N) is 1. The Labute approximate surface area is 146 Å². The number of hydrogen-bond donors (Lipinski definition) is 1. The molecule has 1 aromatic rings. The van der Waals surface area contributed by atoms with Gasteiger partial charge in [0.2, 0.25) is 0 Å². The topological polar surface area (TPSA) is 21.3 Å². The van der Waals surface area contributed by atoms with E-state index in [2.05, 4.69) is 83.9 Å². The maximum Gasteiger partial charge on any atom is 0.147 e. The third-order valence-electron chi connectivity index (χ3n) is 3.05. The Balaban J connectivity index is 2.63. The van der Waals surface area contributed by atoms with E-state index in [0.717, 1.165) is 40.2 Å². The van der Waals surface area contributed by atoms with E-state index in [9.17, 15) is 0 Å². The van der Waals surface area contributed by atoms with E-state index in [1.165, 1.54) is 12.0 Å². The molecule has 0 aliphatic heterocycles. The van der Waals surface area contributed by atoms with E-state index in [0.29, 0.717) is 0 Å². The van der Waals surface area contributed by atoms with Crippen LogP contribution in [0, 0.1) is 5.92 Å². The molecule has 1 aromatic carbocycles. The van der Waals surface area contributed by atoms with Crippen molar-refractivity contribution in [2.45, 2.75) is 59.5 Å². The van der Waals surface area contributed by atoms with E-state index >= 15 is 0 Å². The average molecular weight is 421 g/mol. The first kappa shape index (κ1) is 19.0. The Kier molecular flexibility index (Phi) is 7.72. The molecule has 0 aromatic heterocycles. The molecular formula is C17H27Br2NO. The lowest BCUT2D eigenvalue weighted by atomic mass is 10.1. The predicted octanol–water partition coefficient (Wildman–Crippen LogP) is 5.91. The molecule has 0 radical (unpaired) electrons. The fourth-order valence-corrected chi connectivity index (χ4v) is 3.40. The van der Waals surface area contributed by atoms with Gasteiger partial charge in [-0.15, -0.1) is 0 Å². The van der Waals surface area contributed by atoms with Crippen LogP contribution in [0.4, 0.5) is 0 Å². The number of halogens is 2. The second-order valence-corrected chi connectivity index (χ2v) is 8.59. The van der Waals surface area contributed by atoms with E-state index in [1.54, 1.807) is 0 Å². The highest BCUT2D eigenvalue weighted by atomic mass is 79.9. The molecule has 1 N–H and O–H groups in total. The molecule has 0 unspecified atom stereocenters. The van der Waals surface area contributed by atoms with Crippen LogP contribution in [0.5, 0.6) is 5.75 Å². The summed E-state index contributed by atoms with van der Waals surface area (Å²) in [7, 11) is 0. The Hall–Kier alpha value is -0.0600. The van der Waals surface area contributed by atoms with E-state index < -0.39 is 0 Å². The van der Waals surface area contributed by atoms with Crippen molar-refractivity contribution < 1.29 is 4.74 Å². The van der Waals surface area contributed by atoms with Gasteiger partial charge in [0, 0.05) is 12.1 Å². The Bertz CT molecular complexity index is 430. The molecule has 0 bridgehead atoms. The van der Waals surface area contributed by atoms with Gasteiger partial charge in [-0.2, -0.15) is 0 Å². The normalized spacial score (nSPS) is 12.0. The summed E-state index contributed by atoms with van der Waals surface area (Å²) in [6.07, 6.45) is 2.28. The molecule has 0 aliphatic carbocycles. The lowest BCUT2D eigenvalue weighted by Gasteiger charge is -2.21. The summed E-state index contributed by atoms with van der Waals surface area (Å²) in [5, 5.41) is 3.49. The highest BCUT2D eigenvalue weighted by Crippen LogP contribution is 2.35. The minimum atomic E-state index is 0.116. The van der Waals surface area contributed by atoms with Crippen LogP contribution in [0.25, 0.3) is 0 Å². The van der Waals surface area contributed by atoms with Gasteiger partial charge < -0.3 is 10.1 Å². The first-order valence-corrected chi connectivity index (χ1v) is 9.13. The molecule has 0 spiro atoms. The number of hydrogen-bond acceptors (Lipinski definition) is 2. The molecule has 0 saturated carbocycles. The Morgan fingerprint density at radius 1 is 1.14 bits per heavy atom. The van der Waals surface area contributed by atoms with Gasteiger partial charge in [0.05, 0.1) is 15.6 Å². The molecule has 0 amide bonds. The lowest BCUT2D eigenvalue weighted by Crippen LogP contribution is -2.35. The summed E-state index contributed by atoms with van der Waals surface area (Å²) in [6.45, 7) is 12.6. The first-order chi connectivity index (χ1) is 9.69. The fraction of sp³-hybridized carbons (Fsp3) is 0.647. The average Bonchev–Trinajstić information content (AvgIpc) is 2.33. The highest BCUT2D eigenvalue weighted by Gasteiger charge is 2.12. The summed E-state index contributed by atoms with van der Waals surface area (Å²) in [5.41, 5.74) is 1.35. The molecule has 0 fully saturated rings. The van der Waals surface area contributed by atoms with E-state index in [4.69, 9.17) is 4.74 Å². The molecule has 2 nitrogen and oxygen atoms in total. The highest BCUT2D eigenvalue weighted by molar-refractivity contribution is 9.11. The van der Waals surface area contributed by atoms with E-state index in [-0.39, 0.29) is 5.54 Å². The van der Waals surface area contributed by atoms with Gasteiger partial charge in [0.1, 0.15) is 5.75 Å². The Morgan fingerprint density at radius 3 is 2.19 bits per heavy atom. The summed E-state index contributed by atoms with van der Waals surface area (Å²) in [5.74, 6) is 1.63. The zero-order chi connectivity index (χ0) is 16.0. The van der Waals surface area contributed by atoms with Crippen LogP contribution in [0.2, 0.25) is 0 Å². The van der Waals surface area contributed by atoms with Gasteiger partial charge in [0.25, 0.3) is 0 Å². The van der Waals surface area contributed by atoms with Crippen molar-refractivity contribution in [3.8, 4) is 5.75 Å². The van der Waals surface area contributed by atoms with Crippen molar-refractivity contribution >= 4 is 31.9 Å². The third kappa shape index (κ3) is 7.66. The summed E-state index contributed by atoms with van der Waals surface area (Å²) < 4.78 is 7.92. The summed E-state index contributed by atoms with van der Waals surface area (Å²) in [4.78, 5) is 0. The van der Waals surface area contributed by atoms with Crippen LogP contribution < -0.4 is 10.1 Å². The summed E-state index contributed by atoms with van der Waals surface area (Å²) in [6, 6.07) is 4.25. The number of benzene rings is 1. The van der Waals surface area contributed by atoms with Crippen molar-refractivity contribution in [3.63, 3.8) is 0 Å².